The van der Waals surface area contributed by atoms with Gasteiger partial charge in [0.1, 0.15) is 11.5 Å². The lowest BCUT2D eigenvalue weighted by atomic mass is 10.0. The zero-order chi connectivity index (χ0) is 13.7. The first-order valence-corrected chi connectivity index (χ1v) is 6.50. The molecule has 2 N–H and O–H groups in total. The summed E-state index contributed by atoms with van der Waals surface area (Å²) in [5.74, 6) is 1.61. The number of unbranched alkanes of at least 4 members (excludes halogenated alkanes) is 1. The lowest BCUT2D eigenvalue weighted by molar-refractivity contribution is 0.398. The highest BCUT2D eigenvalue weighted by Gasteiger charge is 2.09. The molecule has 0 amide bonds. The molecule has 2 rings (SSSR count). The fraction of sp³-hybridized carbons (Fsp3) is 0.400. The molecule has 4 nitrogen and oxygen atoms in total. The number of pyridine rings is 1. The standard InChI is InChI=1S/C15H20N2O2/c1-18-11-9-13-12(15(10-11)19-2)6-8-17-14(13)5-3-4-7-16/h6,8-10H,3-5,7,16H2,1-2H3. The number of nitrogens with zero attached hydrogens (tertiary/aromatic N) is 1. The first kappa shape index (κ1) is 13.6. The van der Waals surface area contributed by atoms with E-state index in [4.69, 9.17) is 15.2 Å². The van der Waals surface area contributed by atoms with Crippen molar-refractivity contribution in [1.29, 1.82) is 0 Å². The fourth-order valence-corrected chi connectivity index (χ4v) is 2.21. The van der Waals surface area contributed by atoms with Crippen molar-refractivity contribution in [2.24, 2.45) is 5.73 Å². The molecule has 0 saturated heterocycles. The molecule has 19 heavy (non-hydrogen) atoms. The molecule has 0 aliphatic heterocycles. The van der Waals surface area contributed by atoms with Gasteiger partial charge in [-0.3, -0.25) is 4.98 Å². The van der Waals surface area contributed by atoms with Gasteiger partial charge in [-0.15, -0.1) is 0 Å². The number of fused-ring (bicyclic) bond motifs is 1. The molecule has 1 aromatic heterocycles. The van der Waals surface area contributed by atoms with E-state index in [1.54, 1.807) is 14.2 Å². The average Bonchev–Trinajstić information content (AvgIpc) is 2.46. The summed E-state index contributed by atoms with van der Waals surface area (Å²) in [6.45, 7) is 0.720. The quantitative estimate of drug-likeness (QED) is 0.811. The van der Waals surface area contributed by atoms with Crippen LogP contribution < -0.4 is 15.2 Å². The van der Waals surface area contributed by atoms with Crippen molar-refractivity contribution in [3.8, 4) is 11.5 Å². The van der Waals surface area contributed by atoms with Gasteiger partial charge in [-0.2, -0.15) is 0 Å². The van der Waals surface area contributed by atoms with E-state index in [0.717, 1.165) is 53.8 Å². The number of methoxy groups -OCH3 is 2. The van der Waals surface area contributed by atoms with E-state index in [-0.39, 0.29) is 0 Å². The summed E-state index contributed by atoms with van der Waals surface area (Å²) in [5, 5.41) is 2.16. The summed E-state index contributed by atoms with van der Waals surface area (Å²) in [5.41, 5.74) is 6.61. The lowest BCUT2D eigenvalue weighted by Crippen LogP contribution is -2.00. The Bertz CT molecular complexity index is 555. The van der Waals surface area contributed by atoms with Crippen molar-refractivity contribution >= 4 is 10.8 Å². The maximum atomic E-state index is 5.54. The van der Waals surface area contributed by atoms with Crippen LogP contribution in [0.3, 0.4) is 0 Å². The highest BCUT2D eigenvalue weighted by molar-refractivity contribution is 5.91. The molecular weight excluding hydrogens is 240 g/mol. The average molecular weight is 260 g/mol. The number of aryl methyl sites for hydroxylation is 1. The topological polar surface area (TPSA) is 57.4 Å². The second-order valence-electron chi connectivity index (χ2n) is 4.43. The Morgan fingerprint density at radius 2 is 1.95 bits per heavy atom. The first-order chi connectivity index (χ1) is 9.30. The minimum absolute atomic E-state index is 0.720. The molecule has 0 radical (unpaired) electrons. The molecule has 1 heterocycles. The van der Waals surface area contributed by atoms with E-state index in [9.17, 15) is 0 Å². The molecule has 0 aliphatic carbocycles. The number of benzene rings is 1. The van der Waals surface area contributed by atoms with Crippen molar-refractivity contribution in [3.63, 3.8) is 0 Å². The van der Waals surface area contributed by atoms with E-state index in [1.165, 1.54) is 0 Å². The Hall–Kier alpha value is -1.81. The van der Waals surface area contributed by atoms with Gasteiger partial charge in [-0.1, -0.05) is 0 Å². The highest BCUT2D eigenvalue weighted by Crippen LogP contribution is 2.32. The molecule has 1 aromatic carbocycles. The minimum atomic E-state index is 0.720. The van der Waals surface area contributed by atoms with Crippen LogP contribution in [0, 0.1) is 0 Å². The smallest absolute Gasteiger partial charge is 0.130 e. The molecule has 0 atom stereocenters. The SMILES string of the molecule is COc1cc(OC)c2ccnc(CCCCN)c2c1. The summed E-state index contributed by atoms with van der Waals surface area (Å²) in [6, 6.07) is 5.88. The van der Waals surface area contributed by atoms with Gasteiger partial charge in [-0.25, -0.2) is 0 Å². The molecule has 4 heteroatoms. The molecule has 0 saturated carbocycles. The fourth-order valence-electron chi connectivity index (χ4n) is 2.21. The van der Waals surface area contributed by atoms with Gasteiger partial charge >= 0.3 is 0 Å². The van der Waals surface area contributed by atoms with E-state index < -0.39 is 0 Å². The summed E-state index contributed by atoms with van der Waals surface area (Å²) in [6.07, 6.45) is 4.81. The number of rotatable bonds is 6. The summed E-state index contributed by atoms with van der Waals surface area (Å²) < 4.78 is 10.7. The van der Waals surface area contributed by atoms with Crippen LogP contribution in [0.25, 0.3) is 10.8 Å². The molecule has 0 unspecified atom stereocenters. The zero-order valence-corrected chi connectivity index (χ0v) is 11.5. The molecule has 2 aromatic rings. The van der Waals surface area contributed by atoms with Crippen LogP contribution in [0.4, 0.5) is 0 Å². The molecule has 102 valence electrons. The van der Waals surface area contributed by atoms with E-state index >= 15 is 0 Å². The van der Waals surface area contributed by atoms with Crippen LogP contribution >= 0.6 is 0 Å². The predicted octanol–water partition coefficient (Wildman–Crippen LogP) is 2.53. The van der Waals surface area contributed by atoms with Crippen molar-refractivity contribution in [3.05, 3.63) is 30.1 Å². The second-order valence-corrected chi connectivity index (χ2v) is 4.43. The van der Waals surface area contributed by atoms with Crippen LogP contribution in [0.1, 0.15) is 18.5 Å². The number of hydrogen-bond donors (Lipinski definition) is 1. The number of hydrogen-bond acceptors (Lipinski definition) is 4. The summed E-state index contributed by atoms with van der Waals surface area (Å²) in [4.78, 5) is 4.48. The van der Waals surface area contributed by atoms with E-state index in [1.807, 2.05) is 24.4 Å². The molecule has 0 aliphatic rings. The third-order valence-corrected chi connectivity index (χ3v) is 3.22. The van der Waals surface area contributed by atoms with Crippen molar-refractivity contribution in [2.75, 3.05) is 20.8 Å². The Morgan fingerprint density at radius 3 is 2.63 bits per heavy atom. The number of nitrogens with two attached hydrogens (primary N) is 1. The third-order valence-electron chi connectivity index (χ3n) is 3.22. The maximum Gasteiger partial charge on any atom is 0.130 e. The van der Waals surface area contributed by atoms with Gasteiger partial charge in [0.05, 0.1) is 14.2 Å². The largest absolute Gasteiger partial charge is 0.497 e. The lowest BCUT2D eigenvalue weighted by Gasteiger charge is -2.11. The van der Waals surface area contributed by atoms with Crippen LogP contribution in [0.2, 0.25) is 0 Å². The maximum absolute atomic E-state index is 5.54. The van der Waals surface area contributed by atoms with Crippen LogP contribution in [0.15, 0.2) is 24.4 Å². The van der Waals surface area contributed by atoms with Crippen LogP contribution in [-0.4, -0.2) is 25.7 Å². The summed E-state index contributed by atoms with van der Waals surface area (Å²) in [7, 11) is 3.33. The second kappa shape index (κ2) is 6.38. The first-order valence-electron chi connectivity index (χ1n) is 6.50. The predicted molar refractivity (Wildman–Crippen MR) is 76.8 cm³/mol. The number of aromatic nitrogens is 1. The van der Waals surface area contributed by atoms with Crippen LogP contribution in [0.5, 0.6) is 11.5 Å². The Labute approximate surface area is 113 Å². The van der Waals surface area contributed by atoms with Crippen molar-refractivity contribution in [2.45, 2.75) is 19.3 Å². The van der Waals surface area contributed by atoms with E-state index in [0.29, 0.717) is 0 Å². The molecule has 0 fully saturated rings. The minimum Gasteiger partial charge on any atom is -0.497 e. The van der Waals surface area contributed by atoms with Gasteiger partial charge in [0, 0.05) is 28.7 Å². The molecular formula is C15H20N2O2. The molecule has 0 spiro atoms. The van der Waals surface area contributed by atoms with Gasteiger partial charge in [0.25, 0.3) is 0 Å². The van der Waals surface area contributed by atoms with Gasteiger partial charge < -0.3 is 15.2 Å². The zero-order valence-electron chi connectivity index (χ0n) is 11.5. The number of ether oxygens (including phenoxy) is 2. The monoisotopic (exact) mass is 260 g/mol. The van der Waals surface area contributed by atoms with E-state index in [2.05, 4.69) is 4.98 Å². The van der Waals surface area contributed by atoms with Crippen molar-refractivity contribution < 1.29 is 9.47 Å². The van der Waals surface area contributed by atoms with Crippen LogP contribution in [-0.2, 0) is 6.42 Å². The Morgan fingerprint density at radius 1 is 1.11 bits per heavy atom. The Balaban J connectivity index is 2.46. The van der Waals surface area contributed by atoms with Gasteiger partial charge in [0.15, 0.2) is 0 Å². The normalized spacial score (nSPS) is 10.7. The Kier molecular flexibility index (Phi) is 4.58. The van der Waals surface area contributed by atoms with Crippen molar-refractivity contribution in [1.82, 2.24) is 4.98 Å². The van der Waals surface area contributed by atoms with Gasteiger partial charge in [0.2, 0.25) is 0 Å². The van der Waals surface area contributed by atoms with Gasteiger partial charge in [-0.05, 0) is 37.9 Å². The summed E-state index contributed by atoms with van der Waals surface area (Å²) >= 11 is 0. The third kappa shape index (κ3) is 2.96. The molecule has 0 bridgehead atoms. The highest BCUT2D eigenvalue weighted by atomic mass is 16.5.